The van der Waals surface area contributed by atoms with Crippen molar-refractivity contribution in [1.29, 1.82) is 0 Å². The van der Waals surface area contributed by atoms with Gasteiger partial charge in [-0.1, -0.05) is 12.1 Å². The van der Waals surface area contributed by atoms with E-state index in [2.05, 4.69) is 15.6 Å². The first-order valence-corrected chi connectivity index (χ1v) is 9.85. The Morgan fingerprint density at radius 3 is 2.73 bits per heavy atom. The number of hydrogen-bond donors (Lipinski definition) is 2. The van der Waals surface area contributed by atoms with Gasteiger partial charge in [-0.15, -0.1) is 11.3 Å². The summed E-state index contributed by atoms with van der Waals surface area (Å²) in [6.07, 6.45) is 0.132. The van der Waals surface area contributed by atoms with Gasteiger partial charge in [0.25, 0.3) is 5.69 Å². The number of nitro benzene ring substituents is 1. The summed E-state index contributed by atoms with van der Waals surface area (Å²) < 4.78 is 10.6. The van der Waals surface area contributed by atoms with Crippen LogP contribution >= 0.6 is 11.3 Å². The van der Waals surface area contributed by atoms with Crippen LogP contribution < -0.4 is 20.1 Å². The van der Waals surface area contributed by atoms with Gasteiger partial charge in [-0.3, -0.25) is 14.9 Å². The molecule has 0 unspecified atom stereocenters. The third-order valence-corrected chi connectivity index (χ3v) is 4.96. The van der Waals surface area contributed by atoms with E-state index in [1.807, 2.05) is 17.5 Å². The molecule has 3 rings (SSSR count). The lowest BCUT2D eigenvalue weighted by Crippen LogP contribution is -2.16. The van der Waals surface area contributed by atoms with E-state index in [0.717, 1.165) is 5.56 Å². The van der Waals surface area contributed by atoms with Gasteiger partial charge < -0.3 is 20.1 Å². The van der Waals surface area contributed by atoms with Crippen LogP contribution in [0.1, 0.15) is 6.42 Å². The van der Waals surface area contributed by atoms with Gasteiger partial charge in [0.05, 0.1) is 24.8 Å². The van der Waals surface area contributed by atoms with Crippen LogP contribution in [0.2, 0.25) is 0 Å². The second-order valence-corrected chi connectivity index (χ2v) is 6.96. The van der Waals surface area contributed by atoms with Crippen LogP contribution in [0.3, 0.4) is 0 Å². The summed E-state index contributed by atoms with van der Waals surface area (Å²) in [6, 6.07) is 11.7. The minimum atomic E-state index is -0.465. The summed E-state index contributed by atoms with van der Waals surface area (Å²) in [4.78, 5) is 27.2. The van der Waals surface area contributed by atoms with Crippen molar-refractivity contribution in [2.45, 2.75) is 6.42 Å². The number of nitrogens with one attached hydrogen (secondary N) is 2. The van der Waals surface area contributed by atoms with Crippen molar-refractivity contribution in [3.63, 3.8) is 0 Å². The molecular weight excluding hydrogens is 408 g/mol. The lowest BCUT2D eigenvalue weighted by Gasteiger charge is -2.08. The molecule has 9 nitrogen and oxygen atoms in total. The monoisotopic (exact) mass is 428 g/mol. The highest BCUT2D eigenvalue weighted by atomic mass is 32.1. The lowest BCUT2D eigenvalue weighted by molar-refractivity contribution is -0.384. The number of amides is 1. The molecule has 0 aliphatic rings. The fourth-order valence-electron chi connectivity index (χ4n) is 2.74. The van der Waals surface area contributed by atoms with Crippen molar-refractivity contribution in [2.24, 2.45) is 0 Å². The first-order valence-electron chi connectivity index (χ1n) is 8.97. The Kier molecular flexibility index (Phi) is 6.81. The van der Waals surface area contributed by atoms with Gasteiger partial charge >= 0.3 is 0 Å². The first-order chi connectivity index (χ1) is 14.5. The molecule has 30 heavy (non-hydrogen) atoms. The second-order valence-electron chi connectivity index (χ2n) is 6.10. The van der Waals surface area contributed by atoms with E-state index in [4.69, 9.17) is 9.47 Å². The molecule has 1 aromatic heterocycles. The van der Waals surface area contributed by atoms with Crippen molar-refractivity contribution in [3.8, 4) is 22.8 Å². The van der Waals surface area contributed by atoms with Crippen molar-refractivity contribution in [2.75, 3.05) is 31.4 Å². The Balaban J connectivity index is 1.59. The Morgan fingerprint density at radius 1 is 1.20 bits per heavy atom. The molecule has 1 amide bonds. The van der Waals surface area contributed by atoms with Gasteiger partial charge in [0.15, 0.2) is 5.13 Å². The van der Waals surface area contributed by atoms with Crippen LogP contribution in [-0.4, -0.2) is 36.6 Å². The number of ether oxygens (including phenoxy) is 2. The van der Waals surface area contributed by atoms with Crippen molar-refractivity contribution in [3.05, 3.63) is 58.0 Å². The van der Waals surface area contributed by atoms with Gasteiger partial charge in [-0.25, -0.2) is 4.98 Å². The zero-order valence-corrected chi connectivity index (χ0v) is 17.2. The second kappa shape index (κ2) is 9.70. The molecular formula is C20H20N4O5S. The van der Waals surface area contributed by atoms with Crippen molar-refractivity contribution in [1.82, 2.24) is 4.98 Å². The molecule has 0 saturated carbocycles. The molecule has 0 aliphatic carbocycles. The highest BCUT2D eigenvalue weighted by Crippen LogP contribution is 2.34. The van der Waals surface area contributed by atoms with Crippen LogP contribution in [0.25, 0.3) is 11.3 Å². The van der Waals surface area contributed by atoms with Crippen LogP contribution in [0.4, 0.5) is 16.5 Å². The molecule has 2 N–H and O–H groups in total. The highest BCUT2D eigenvalue weighted by Gasteiger charge is 2.14. The van der Waals surface area contributed by atoms with Crippen LogP contribution in [0, 0.1) is 10.1 Å². The topological polar surface area (TPSA) is 116 Å². The molecule has 0 radical (unpaired) electrons. The summed E-state index contributed by atoms with van der Waals surface area (Å²) >= 11 is 1.30. The molecule has 0 saturated heterocycles. The number of aromatic nitrogens is 1. The first kappa shape index (κ1) is 21.1. The SMILES string of the molecule is COc1ccc(-c2csc(NC(=O)CCNc3ccccc3[N+](=O)[O-])n2)c(OC)c1. The average Bonchev–Trinajstić information content (AvgIpc) is 3.21. The molecule has 1 heterocycles. The number of hydrogen-bond acceptors (Lipinski definition) is 8. The fourth-order valence-corrected chi connectivity index (χ4v) is 3.47. The Hall–Kier alpha value is -3.66. The molecule has 156 valence electrons. The van der Waals surface area contributed by atoms with E-state index in [0.29, 0.717) is 28.0 Å². The van der Waals surface area contributed by atoms with Gasteiger partial charge in [0, 0.05) is 36.0 Å². The predicted octanol–water partition coefficient (Wildman–Crippen LogP) is 4.18. The van der Waals surface area contributed by atoms with Crippen LogP contribution in [-0.2, 0) is 4.79 Å². The number of carbonyl (C=O) groups excluding carboxylic acids is 1. The Labute approximate surface area is 176 Å². The zero-order valence-electron chi connectivity index (χ0n) is 16.4. The number of rotatable bonds is 9. The largest absolute Gasteiger partial charge is 0.497 e. The molecule has 0 fully saturated rings. The number of anilines is 2. The Bertz CT molecular complexity index is 1050. The molecule has 0 bridgehead atoms. The third-order valence-electron chi connectivity index (χ3n) is 4.20. The molecule has 0 aliphatic heterocycles. The summed E-state index contributed by atoms with van der Waals surface area (Å²) in [7, 11) is 3.15. The van der Waals surface area contributed by atoms with Crippen LogP contribution in [0.15, 0.2) is 47.8 Å². The lowest BCUT2D eigenvalue weighted by atomic mass is 10.1. The maximum atomic E-state index is 12.2. The molecule has 3 aromatic rings. The number of carbonyl (C=O) groups is 1. The number of thiazole rings is 1. The van der Waals surface area contributed by atoms with Crippen molar-refractivity contribution < 1.29 is 19.2 Å². The number of nitrogens with zero attached hydrogens (tertiary/aromatic N) is 2. The maximum Gasteiger partial charge on any atom is 0.292 e. The summed E-state index contributed by atoms with van der Waals surface area (Å²) in [6.45, 7) is 0.251. The third kappa shape index (κ3) is 5.03. The van der Waals surface area contributed by atoms with Gasteiger partial charge in [-0.2, -0.15) is 0 Å². The molecule has 0 spiro atoms. The van der Waals surface area contributed by atoms with Crippen LogP contribution in [0.5, 0.6) is 11.5 Å². The minimum Gasteiger partial charge on any atom is -0.497 e. The van der Waals surface area contributed by atoms with Gasteiger partial charge in [0.2, 0.25) is 5.91 Å². The van der Waals surface area contributed by atoms with Gasteiger partial charge in [0.1, 0.15) is 17.2 Å². The van der Waals surface area contributed by atoms with E-state index < -0.39 is 4.92 Å². The van der Waals surface area contributed by atoms with Gasteiger partial charge in [-0.05, 0) is 18.2 Å². The normalized spacial score (nSPS) is 10.3. The number of para-hydroxylation sites is 2. The summed E-state index contributed by atoms with van der Waals surface area (Å²) in [5, 5.41) is 19.0. The van der Waals surface area contributed by atoms with E-state index in [1.54, 1.807) is 38.5 Å². The number of methoxy groups -OCH3 is 2. The van der Waals surface area contributed by atoms with E-state index >= 15 is 0 Å². The molecule has 10 heteroatoms. The highest BCUT2D eigenvalue weighted by molar-refractivity contribution is 7.14. The molecule has 2 aromatic carbocycles. The van der Waals surface area contributed by atoms with E-state index in [1.165, 1.54) is 17.4 Å². The minimum absolute atomic E-state index is 0.0316. The molecule has 0 atom stereocenters. The maximum absolute atomic E-state index is 12.2. The Morgan fingerprint density at radius 2 is 2.00 bits per heavy atom. The van der Waals surface area contributed by atoms with E-state index in [9.17, 15) is 14.9 Å². The number of nitro groups is 1. The fraction of sp³-hybridized carbons (Fsp3) is 0.200. The zero-order chi connectivity index (χ0) is 21.5. The quantitative estimate of drug-likeness (QED) is 0.388. The average molecular weight is 428 g/mol. The predicted molar refractivity (Wildman–Crippen MR) is 115 cm³/mol. The van der Waals surface area contributed by atoms with Crippen molar-refractivity contribution >= 4 is 33.8 Å². The smallest absolute Gasteiger partial charge is 0.292 e. The summed E-state index contributed by atoms with van der Waals surface area (Å²) in [5.41, 5.74) is 1.80. The standard InChI is InChI=1S/C20H20N4O5S/c1-28-13-7-8-14(18(11-13)29-2)16-12-30-20(22-16)23-19(25)9-10-21-15-5-3-4-6-17(15)24(26)27/h3-8,11-12,21H,9-10H2,1-2H3,(H,22,23,25). The summed E-state index contributed by atoms with van der Waals surface area (Å²) in [5.74, 6) is 1.04. The van der Waals surface area contributed by atoms with E-state index in [-0.39, 0.29) is 24.6 Å². The number of benzene rings is 2.